The van der Waals surface area contributed by atoms with Gasteiger partial charge in [0.05, 0.1) is 55.6 Å². The zero-order valence-corrected chi connectivity index (χ0v) is 38.2. The van der Waals surface area contributed by atoms with E-state index in [1.807, 2.05) is 83.9 Å². The van der Waals surface area contributed by atoms with Crippen LogP contribution in [0.1, 0.15) is 80.2 Å². The van der Waals surface area contributed by atoms with Gasteiger partial charge in [-0.05, 0) is 83.7 Å². The van der Waals surface area contributed by atoms with E-state index in [1.54, 1.807) is 11.8 Å². The van der Waals surface area contributed by atoms with E-state index < -0.39 is 71.8 Å². The van der Waals surface area contributed by atoms with Crippen LogP contribution in [0.4, 0.5) is 4.79 Å². The van der Waals surface area contributed by atoms with Gasteiger partial charge in [0.2, 0.25) is 0 Å². The molecule has 0 saturated carbocycles. The second-order valence-electron chi connectivity index (χ2n) is 18.9. The monoisotopic (exact) mass is 860 g/mol. The van der Waals surface area contributed by atoms with Gasteiger partial charge in [0.25, 0.3) is 0 Å². The largest absolute Gasteiger partial charge is 0.458 e. The maximum absolute atomic E-state index is 14.6. The van der Waals surface area contributed by atoms with Crippen LogP contribution < -0.4 is 0 Å². The van der Waals surface area contributed by atoms with Gasteiger partial charge >= 0.3 is 12.1 Å². The van der Waals surface area contributed by atoms with Gasteiger partial charge < -0.3 is 43.3 Å². The van der Waals surface area contributed by atoms with Crippen molar-refractivity contribution in [2.45, 2.75) is 141 Å². The second-order valence-corrected chi connectivity index (χ2v) is 18.9. The number of fused-ring (bicyclic) bond motifs is 4. The number of benzene rings is 2. The summed E-state index contributed by atoms with van der Waals surface area (Å²) in [6.45, 7) is 16.9. The quantitative estimate of drug-likeness (QED) is 0.229. The van der Waals surface area contributed by atoms with Crippen molar-refractivity contribution < 1.29 is 48.0 Å². The molecule has 0 aliphatic carbocycles. The summed E-state index contributed by atoms with van der Waals surface area (Å²) in [6.07, 6.45) is -3.41. The summed E-state index contributed by atoms with van der Waals surface area (Å²) in [4.78, 5) is 43.1. The lowest BCUT2D eigenvalue weighted by Gasteiger charge is -2.48. The molecule has 5 aliphatic heterocycles. The van der Waals surface area contributed by atoms with Crippen LogP contribution in [0.2, 0.25) is 0 Å². The number of aliphatic hydroxyl groups is 1. The third kappa shape index (κ3) is 9.32. The summed E-state index contributed by atoms with van der Waals surface area (Å²) in [5.74, 6) is -2.23. The molecule has 0 radical (unpaired) electrons. The average molecular weight is 861 g/mol. The first kappa shape index (κ1) is 46.1. The first-order valence-corrected chi connectivity index (χ1v) is 22.5. The molecule has 4 saturated heterocycles. The molecule has 1 N–H and O–H groups in total. The summed E-state index contributed by atoms with van der Waals surface area (Å²) >= 11 is 0. The highest BCUT2D eigenvalue weighted by atomic mass is 16.7. The van der Waals surface area contributed by atoms with E-state index in [-0.39, 0.29) is 43.8 Å². The maximum atomic E-state index is 14.6. The predicted molar refractivity (Wildman–Crippen MR) is 235 cm³/mol. The number of oxime groups is 1. The second kappa shape index (κ2) is 19.0. The lowest BCUT2D eigenvalue weighted by Crippen LogP contribution is -2.60. The molecule has 4 fully saturated rings. The van der Waals surface area contributed by atoms with Crippen LogP contribution in [-0.2, 0) is 44.7 Å². The number of carbonyl (C=O) groups is 2. The van der Waals surface area contributed by atoms with E-state index in [0.717, 1.165) is 22.4 Å². The number of aliphatic hydroxyl groups excluding tert-OH is 1. The van der Waals surface area contributed by atoms with Crippen molar-refractivity contribution in [1.82, 2.24) is 9.80 Å². The van der Waals surface area contributed by atoms with Crippen molar-refractivity contribution in [3.05, 3.63) is 60.2 Å². The molecule has 5 aliphatic rings. The molecule has 2 aromatic rings. The topological polar surface area (TPSA) is 150 Å². The summed E-state index contributed by atoms with van der Waals surface area (Å²) in [5, 5.41) is 16.4. The number of rotatable bonds is 8. The van der Waals surface area contributed by atoms with Crippen LogP contribution in [0.5, 0.6) is 0 Å². The van der Waals surface area contributed by atoms with E-state index in [4.69, 9.17) is 38.3 Å². The number of likely N-dealkylation sites (N-methyl/N-ethyl adjacent to an activating group) is 1. The van der Waals surface area contributed by atoms with Gasteiger partial charge in [-0.25, -0.2) is 4.79 Å². The van der Waals surface area contributed by atoms with E-state index in [2.05, 4.69) is 43.3 Å². The van der Waals surface area contributed by atoms with E-state index in [1.165, 1.54) is 0 Å². The molecule has 1 amide bonds. The minimum Gasteiger partial charge on any atom is -0.458 e. The Bertz CT molecular complexity index is 1930. The fourth-order valence-electron chi connectivity index (χ4n) is 10.8. The number of hydrogen-bond acceptors (Lipinski definition) is 13. The Kier molecular flexibility index (Phi) is 14.2. The predicted octanol–water partition coefficient (Wildman–Crippen LogP) is 6.52. The fraction of sp³-hybridized carbons (Fsp3) is 0.667. The normalized spacial score (nSPS) is 38.9. The Morgan fingerprint density at radius 1 is 0.968 bits per heavy atom. The molecule has 14 atom stereocenters. The van der Waals surface area contributed by atoms with E-state index in [9.17, 15) is 14.7 Å². The van der Waals surface area contributed by atoms with Crippen LogP contribution in [0.3, 0.4) is 0 Å². The molecule has 0 spiro atoms. The Labute approximate surface area is 367 Å². The van der Waals surface area contributed by atoms with Crippen LogP contribution in [-0.4, -0.2) is 139 Å². The zero-order chi connectivity index (χ0) is 44.5. The molecule has 62 heavy (non-hydrogen) atoms. The molecule has 7 rings (SSSR count). The zero-order valence-electron chi connectivity index (χ0n) is 38.2. The number of amides is 1. The molecular weight excluding hydrogens is 793 g/mol. The van der Waals surface area contributed by atoms with Crippen molar-refractivity contribution in [3.8, 4) is 11.1 Å². The molecule has 340 valence electrons. The first-order chi connectivity index (χ1) is 29.5. The van der Waals surface area contributed by atoms with Gasteiger partial charge in [-0.2, -0.15) is 0 Å². The summed E-state index contributed by atoms with van der Waals surface area (Å²) in [5.41, 5.74) is 2.38. The Balaban J connectivity index is 1.27. The van der Waals surface area contributed by atoms with Crippen molar-refractivity contribution in [3.63, 3.8) is 0 Å². The number of hydrogen-bond donors (Lipinski definition) is 1. The summed E-state index contributed by atoms with van der Waals surface area (Å²) in [6, 6.07) is 17.7. The third-order valence-electron chi connectivity index (χ3n) is 14.0. The molecule has 14 nitrogen and oxygen atoms in total. The van der Waals surface area contributed by atoms with Gasteiger partial charge in [-0.3, -0.25) is 14.7 Å². The smallest absolute Gasteiger partial charge is 0.410 e. The highest BCUT2D eigenvalue weighted by molar-refractivity contribution is 5.91. The standard InChI is InChI=1S/C48H68N4O10/c1-11-38-48(8)42-30(4)39(49-21-22-52(42)46(55)62-48)28(2)24-47(7)43(61-45-40(53)37(51(9)10)23-29(3)59-45)31(5)41(32(6)44(54)60-38)56-26-36(27-57-47)50-58-25-33-17-19-35(20-18-33)34-15-13-12-14-16-34/h12-20,28-32,37-38,40-43,45,53H,11,21-27H2,1-10H3/t28-,29+,30+,31-,32-,37-,38+,40+,41+,42-,43+,45-,47-,48-/m1/s1. The molecule has 4 bridgehead atoms. The number of ether oxygens (including phenoxy) is 6. The highest BCUT2D eigenvalue weighted by Gasteiger charge is 2.60. The van der Waals surface area contributed by atoms with Gasteiger partial charge in [0.15, 0.2) is 11.9 Å². The fourth-order valence-corrected chi connectivity index (χ4v) is 10.8. The van der Waals surface area contributed by atoms with Crippen LogP contribution in [0.25, 0.3) is 11.1 Å². The van der Waals surface area contributed by atoms with Gasteiger partial charge in [0, 0.05) is 30.1 Å². The number of esters is 1. The minimum atomic E-state index is -1.13. The summed E-state index contributed by atoms with van der Waals surface area (Å²) in [7, 11) is 3.88. The molecular formula is C48H68N4O10. The molecule has 0 aromatic heterocycles. The van der Waals surface area contributed by atoms with Crippen LogP contribution in [0.15, 0.2) is 64.7 Å². The average Bonchev–Trinajstić information content (AvgIpc) is 3.39. The van der Waals surface area contributed by atoms with Crippen molar-refractivity contribution in [1.29, 1.82) is 0 Å². The van der Waals surface area contributed by atoms with Gasteiger partial charge in [-0.15, -0.1) is 0 Å². The van der Waals surface area contributed by atoms with Crippen molar-refractivity contribution in [2.75, 3.05) is 40.4 Å². The lowest BCUT2D eigenvalue weighted by molar-refractivity contribution is -0.302. The highest BCUT2D eigenvalue weighted by Crippen LogP contribution is 2.45. The molecule has 5 heterocycles. The Morgan fingerprint density at radius 2 is 1.68 bits per heavy atom. The summed E-state index contributed by atoms with van der Waals surface area (Å²) < 4.78 is 40.0. The molecule has 14 heteroatoms. The van der Waals surface area contributed by atoms with Crippen LogP contribution in [0, 0.1) is 23.7 Å². The van der Waals surface area contributed by atoms with E-state index in [0.29, 0.717) is 38.1 Å². The number of nitrogens with zero attached hydrogens (tertiary/aromatic N) is 4. The Morgan fingerprint density at radius 3 is 2.37 bits per heavy atom. The van der Waals surface area contributed by atoms with Crippen molar-refractivity contribution in [2.24, 2.45) is 33.8 Å². The van der Waals surface area contributed by atoms with E-state index >= 15 is 0 Å². The first-order valence-electron chi connectivity index (χ1n) is 22.5. The number of aliphatic imine (C=N–C) groups is 1. The van der Waals surface area contributed by atoms with Gasteiger partial charge in [0.1, 0.15) is 24.5 Å². The number of carbonyl (C=O) groups excluding carboxylic acids is 2. The van der Waals surface area contributed by atoms with Crippen LogP contribution >= 0.6 is 0 Å². The third-order valence-corrected chi connectivity index (χ3v) is 14.0. The maximum Gasteiger partial charge on any atom is 0.410 e. The molecule has 0 unspecified atom stereocenters. The SMILES string of the molecule is CC[C@@H]1OC(=O)[C@H](C)[C@H]2OCC(=NOCc3ccc(-c4ccccc4)cc3)CO[C@](C)(C[C@@H](C)C3=NCCN4C(=O)O[C@@]1(C)[C@H]4[C@H]3C)[C@@H](O[C@H]1O[C@@H](C)C[C@@H](N(C)C)[C@@H]1O)[C@@H]2C. The Hall–Kier alpha value is -3.92. The lowest BCUT2D eigenvalue weighted by atomic mass is 9.72. The molecule has 2 aromatic carbocycles. The number of cyclic esters (lactones) is 1. The van der Waals surface area contributed by atoms with Crippen molar-refractivity contribution >= 4 is 23.5 Å². The van der Waals surface area contributed by atoms with Gasteiger partial charge in [-0.1, -0.05) is 87.4 Å². The minimum absolute atomic E-state index is 0.00747.